The number of anilines is 1. The lowest BCUT2D eigenvalue weighted by Gasteiger charge is -2.09. The second kappa shape index (κ2) is 7.92. The van der Waals surface area contributed by atoms with Crippen molar-refractivity contribution in [3.05, 3.63) is 84.4 Å². The molecule has 0 saturated heterocycles. The van der Waals surface area contributed by atoms with Crippen molar-refractivity contribution in [3.63, 3.8) is 0 Å². The highest BCUT2D eigenvalue weighted by atomic mass is 19.1. The van der Waals surface area contributed by atoms with Gasteiger partial charge in [-0.2, -0.15) is 0 Å². The third-order valence-corrected chi connectivity index (χ3v) is 4.49. The number of nitrogens with one attached hydrogen (secondary N) is 3. The van der Waals surface area contributed by atoms with Gasteiger partial charge in [0.15, 0.2) is 0 Å². The van der Waals surface area contributed by atoms with Crippen molar-refractivity contribution in [2.45, 2.75) is 6.42 Å². The van der Waals surface area contributed by atoms with Gasteiger partial charge in [0.25, 0.3) is 0 Å². The van der Waals surface area contributed by atoms with Crippen LogP contribution in [-0.2, 0) is 6.42 Å². The highest BCUT2D eigenvalue weighted by molar-refractivity contribution is 6.07. The molecule has 0 aliphatic carbocycles. The van der Waals surface area contributed by atoms with Crippen molar-refractivity contribution in [1.82, 2.24) is 15.3 Å². The van der Waals surface area contributed by atoms with Crippen molar-refractivity contribution < 1.29 is 9.18 Å². The summed E-state index contributed by atoms with van der Waals surface area (Å²) in [6.45, 7) is 0.495. The van der Waals surface area contributed by atoms with Crippen LogP contribution in [0.25, 0.3) is 22.2 Å². The number of carbonyl (C=O) groups excluding carboxylic acids is 1. The lowest BCUT2D eigenvalue weighted by Crippen LogP contribution is -2.30. The molecule has 0 saturated carbocycles. The largest absolute Gasteiger partial charge is 0.353 e. The molecule has 0 unspecified atom stereocenters. The Morgan fingerprint density at radius 2 is 1.93 bits per heavy atom. The van der Waals surface area contributed by atoms with Crippen molar-refractivity contribution in [3.8, 4) is 11.3 Å². The van der Waals surface area contributed by atoms with Gasteiger partial charge in [-0.05, 0) is 42.3 Å². The highest BCUT2D eigenvalue weighted by Gasteiger charge is 2.16. The molecule has 6 heteroatoms. The smallest absolute Gasteiger partial charge is 0.319 e. The molecular formula is C22H19FN4O. The SMILES string of the molecule is O=C(NCCc1ccccc1)Nc1c(-c2cccnc2)[nH]c2ccc(F)cc12. The van der Waals surface area contributed by atoms with E-state index in [0.29, 0.717) is 23.3 Å². The molecule has 0 aliphatic rings. The number of urea groups is 1. The number of aromatic nitrogens is 2. The molecule has 3 N–H and O–H groups in total. The number of H-pyrrole nitrogens is 1. The second-order valence-electron chi connectivity index (χ2n) is 6.42. The molecule has 0 spiro atoms. The molecule has 0 bridgehead atoms. The zero-order valence-corrected chi connectivity index (χ0v) is 15.1. The van der Waals surface area contributed by atoms with E-state index in [1.165, 1.54) is 12.1 Å². The average molecular weight is 374 g/mol. The Balaban J connectivity index is 1.56. The Labute approximate surface area is 161 Å². The van der Waals surface area contributed by atoms with Gasteiger partial charge in [-0.3, -0.25) is 4.98 Å². The van der Waals surface area contributed by atoms with Crippen LogP contribution in [0.3, 0.4) is 0 Å². The monoisotopic (exact) mass is 374 g/mol. The molecule has 2 aromatic carbocycles. The van der Waals surface area contributed by atoms with E-state index >= 15 is 0 Å². The standard InChI is InChI=1S/C22H19FN4O/c23-17-8-9-19-18(13-17)21(20(26-19)16-7-4-11-24-14-16)27-22(28)25-12-10-15-5-2-1-3-6-15/h1-9,11,13-14,26H,10,12H2,(H2,25,27,28). The van der Waals surface area contributed by atoms with Crippen LogP contribution in [0, 0.1) is 5.82 Å². The number of fused-ring (bicyclic) bond motifs is 1. The number of hydrogen-bond acceptors (Lipinski definition) is 2. The quantitative estimate of drug-likeness (QED) is 0.472. The molecule has 2 heterocycles. The van der Waals surface area contributed by atoms with Gasteiger partial charge in [-0.15, -0.1) is 0 Å². The van der Waals surface area contributed by atoms with Gasteiger partial charge in [0.1, 0.15) is 5.82 Å². The number of rotatable bonds is 5. The first kappa shape index (κ1) is 17.7. The number of halogens is 1. The van der Waals surface area contributed by atoms with E-state index in [2.05, 4.69) is 20.6 Å². The molecule has 0 fully saturated rings. The summed E-state index contributed by atoms with van der Waals surface area (Å²) < 4.78 is 13.8. The minimum absolute atomic E-state index is 0.341. The number of nitrogens with zero attached hydrogens (tertiary/aromatic N) is 1. The molecule has 4 aromatic rings. The summed E-state index contributed by atoms with van der Waals surface area (Å²) in [6.07, 6.45) is 4.10. The van der Waals surface area contributed by atoms with Crippen LogP contribution in [0.2, 0.25) is 0 Å². The van der Waals surface area contributed by atoms with Crippen LogP contribution >= 0.6 is 0 Å². The summed E-state index contributed by atoms with van der Waals surface area (Å²) in [5.74, 6) is -0.364. The average Bonchev–Trinajstić information content (AvgIpc) is 3.07. The molecule has 5 nitrogen and oxygen atoms in total. The number of aromatic amines is 1. The van der Waals surface area contributed by atoms with Crippen LogP contribution in [0.5, 0.6) is 0 Å². The van der Waals surface area contributed by atoms with Gasteiger partial charge < -0.3 is 15.6 Å². The molecule has 140 valence electrons. The molecular weight excluding hydrogens is 355 g/mol. The minimum Gasteiger partial charge on any atom is -0.353 e. The van der Waals surface area contributed by atoms with Gasteiger partial charge in [-0.25, -0.2) is 9.18 Å². The van der Waals surface area contributed by atoms with Crippen molar-refractivity contribution in [1.29, 1.82) is 0 Å². The number of carbonyl (C=O) groups is 1. The topological polar surface area (TPSA) is 69.8 Å². The summed E-state index contributed by atoms with van der Waals surface area (Å²) in [7, 11) is 0. The molecule has 4 rings (SSSR count). The van der Waals surface area contributed by atoms with Crippen molar-refractivity contribution in [2.24, 2.45) is 0 Å². The van der Waals surface area contributed by atoms with Crippen molar-refractivity contribution >= 4 is 22.6 Å². The summed E-state index contributed by atoms with van der Waals surface area (Å²) in [5.41, 5.74) is 3.90. The van der Waals surface area contributed by atoms with E-state index in [9.17, 15) is 9.18 Å². The normalized spacial score (nSPS) is 10.8. The predicted octanol–water partition coefficient (Wildman–Crippen LogP) is 4.73. The van der Waals surface area contributed by atoms with Gasteiger partial charge in [0.05, 0.1) is 11.4 Å². The third kappa shape index (κ3) is 3.86. The zero-order chi connectivity index (χ0) is 19.3. The Kier molecular flexibility index (Phi) is 5.01. The molecule has 0 atom stereocenters. The summed E-state index contributed by atoms with van der Waals surface area (Å²) >= 11 is 0. The van der Waals surface area contributed by atoms with Crippen LogP contribution in [0.1, 0.15) is 5.56 Å². The van der Waals surface area contributed by atoms with Crippen LogP contribution in [-0.4, -0.2) is 22.5 Å². The first-order valence-electron chi connectivity index (χ1n) is 9.01. The maximum absolute atomic E-state index is 13.8. The lowest BCUT2D eigenvalue weighted by atomic mass is 10.1. The first-order chi connectivity index (χ1) is 13.7. The fourth-order valence-corrected chi connectivity index (χ4v) is 3.14. The van der Waals surface area contributed by atoms with Gasteiger partial charge >= 0.3 is 6.03 Å². The number of benzene rings is 2. The van der Waals surface area contributed by atoms with Gasteiger partial charge in [0, 0.05) is 35.4 Å². The lowest BCUT2D eigenvalue weighted by molar-refractivity contribution is 0.252. The molecule has 28 heavy (non-hydrogen) atoms. The molecule has 0 aliphatic heterocycles. The predicted molar refractivity (Wildman–Crippen MR) is 109 cm³/mol. The van der Waals surface area contributed by atoms with E-state index in [1.54, 1.807) is 18.5 Å². The Morgan fingerprint density at radius 1 is 1.07 bits per heavy atom. The molecule has 2 amide bonds. The molecule has 2 aromatic heterocycles. The first-order valence-corrected chi connectivity index (χ1v) is 9.01. The Hall–Kier alpha value is -3.67. The van der Waals surface area contributed by atoms with Crippen LogP contribution in [0.15, 0.2) is 73.1 Å². The number of amides is 2. The van der Waals surface area contributed by atoms with Crippen LogP contribution < -0.4 is 10.6 Å². The number of hydrogen-bond donors (Lipinski definition) is 3. The van der Waals surface area contributed by atoms with E-state index in [0.717, 1.165) is 23.1 Å². The zero-order valence-electron chi connectivity index (χ0n) is 15.1. The van der Waals surface area contributed by atoms with E-state index < -0.39 is 0 Å². The van der Waals surface area contributed by atoms with Crippen LogP contribution in [0.4, 0.5) is 14.9 Å². The third-order valence-electron chi connectivity index (χ3n) is 4.49. The fraction of sp³-hybridized carbons (Fsp3) is 0.0909. The summed E-state index contributed by atoms with van der Waals surface area (Å²) in [4.78, 5) is 19.8. The van der Waals surface area contributed by atoms with Gasteiger partial charge in [0.2, 0.25) is 0 Å². The van der Waals surface area contributed by atoms with E-state index in [1.807, 2.05) is 42.5 Å². The van der Waals surface area contributed by atoms with E-state index in [-0.39, 0.29) is 11.8 Å². The maximum Gasteiger partial charge on any atom is 0.319 e. The maximum atomic E-state index is 13.8. The fourth-order valence-electron chi connectivity index (χ4n) is 3.14. The summed E-state index contributed by atoms with van der Waals surface area (Å²) in [5, 5.41) is 6.33. The van der Waals surface area contributed by atoms with E-state index in [4.69, 9.17) is 0 Å². The van der Waals surface area contributed by atoms with Crippen molar-refractivity contribution in [2.75, 3.05) is 11.9 Å². The Bertz CT molecular complexity index is 1090. The molecule has 0 radical (unpaired) electrons. The minimum atomic E-state index is -0.364. The second-order valence-corrected chi connectivity index (χ2v) is 6.42. The van der Waals surface area contributed by atoms with Gasteiger partial charge in [-0.1, -0.05) is 30.3 Å². The highest BCUT2D eigenvalue weighted by Crippen LogP contribution is 2.35. The summed E-state index contributed by atoms with van der Waals surface area (Å²) in [6, 6.07) is 17.7. The Morgan fingerprint density at radius 3 is 2.71 bits per heavy atom. The number of pyridine rings is 1.